The number of hydrogen-bond acceptors (Lipinski definition) is 4. The third kappa shape index (κ3) is 3.20. The predicted octanol–water partition coefficient (Wildman–Crippen LogP) is 3.16. The lowest BCUT2D eigenvalue weighted by Gasteiger charge is -2.10. The van der Waals surface area contributed by atoms with Crippen LogP contribution in [-0.2, 0) is 16.6 Å². The molecule has 108 valence electrons. The summed E-state index contributed by atoms with van der Waals surface area (Å²) in [5.41, 5.74) is 1.67. The maximum atomic E-state index is 12.2. The van der Waals surface area contributed by atoms with E-state index < -0.39 is 10.0 Å². The van der Waals surface area contributed by atoms with Crippen LogP contribution in [0.25, 0.3) is 0 Å². The van der Waals surface area contributed by atoms with Crippen LogP contribution in [-0.4, -0.2) is 13.5 Å². The van der Waals surface area contributed by atoms with Crippen molar-refractivity contribution in [3.05, 3.63) is 46.2 Å². The average Bonchev–Trinajstić information content (AvgIpc) is 2.88. The molecule has 1 heterocycles. The molecule has 0 bridgehead atoms. The number of hydrogen-bond donors (Lipinski definition) is 2. The highest BCUT2D eigenvalue weighted by Crippen LogP contribution is 2.25. The molecule has 0 aliphatic carbocycles. The Balaban J connectivity index is 2.24. The first-order valence-electron chi connectivity index (χ1n) is 6.24. The van der Waals surface area contributed by atoms with E-state index in [1.54, 1.807) is 17.5 Å². The maximum Gasteiger partial charge on any atom is 0.263 e. The molecular weight excluding hydrogens is 294 g/mol. The monoisotopic (exact) mass is 311 g/mol. The third-order valence-corrected chi connectivity index (χ3v) is 5.47. The zero-order valence-electron chi connectivity index (χ0n) is 11.3. The van der Waals surface area contributed by atoms with Gasteiger partial charge in [-0.1, -0.05) is 26.0 Å². The Bertz CT molecular complexity index is 673. The maximum absolute atomic E-state index is 12.2. The van der Waals surface area contributed by atoms with E-state index in [9.17, 15) is 8.42 Å². The lowest BCUT2D eigenvalue weighted by atomic mass is 10.0. The van der Waals surface area contributed by atoms with Gasteiger partial charge < -0.3 is 5.11 Å². The molecular formula is C14H17NO3S2. The number of thiophene rings is 1. The highest BCUT2D eigenvalue weighted by Gasteiger charge is 2.19. The van der Waals surface area contributed by atoms with Gasteiger partial charge in [0.15, 0.2) is 0 Å². The van der Waals surface area contributed by atoms with Crippen LogP contribution in [0, 0.1) is 0 Å². The number of anilines is 1. The largest absolute Gasteiger partial charge is 0.391 e. The van der Waals surface area contributed by atoms with Crippen LogP contribution in [0.15, 0.2) is 40.6 Å². The van der Waals surface area contributed by atoms with Gasteiger partial charge in [0.2, 0.25) is 0 Å². The molecule has 1 aromatic heterocycles. The normalized spacial score (nSPS) is 11.8. The van der Waals surface area contributed by atoms with Crippen molar-refractivity contribution in [1.29, 1.82) is 0 Å². The van der Waals surface area contributed by atoms with E-state index in [-0.39, 0.29) is 11.5 Å². The van der Waals surface area contributed by atoms with Gasteiger partial charge in [-0.15, -0.1) is 11.3 Å². The van der Waals surface area contributed by atoms with E-state index in [0.29, 0.717) is 16.5 Å². The van der Waals surface area contributed by atoms with Gasteiger partial charge in [-0.2, -0.15) is 0 Å². The fourth-order valence-corrected chi connectivity index (χ4v) is 4.18. The van der Waals surface area contributed by atoms with Crippen LogP contribution in [0.2, 0.25) is 0 Å². The highest BCUT2D eigenvalue weighted by molar-refractivity contribution is 7.93. The minimum atomic E-state index is -3.65. The molecule has 0 saturated carbocycles. The third-order valence-electron chi connectivity index (χ3n) is 2.97. The number of aliphatic hydroxyl groups excluding tert-OH is 1. The van der Waals surface area contributed by atoms with Crippen molar-refractivity contribution in [2.45, 2.75) is 31.3 Å². The van der Waals surface area contributed by atoms with Gasteiger partial charge in [0.1, 0.15) is 4.90 Å². The number of benzene rings is 1. The number of aliphatic hydroxyl groups is 1. The second-order valence-corrected chi connectivity index (χ2v) is 7.40. The molecule has 2 N–H and O–H groups in total. The van der Waals surface area contributed by atoms with Crippen LogP contribution in [0.5, 0.6) is 0 Å². The number of nitrogens with one attached hydrogen (secondary N) is 1. The van der Waals surface area contributed by atoms with Crippen molar-refractivity contribution < 1.29 is 13.5 Å². The molecule has 1 aromatic carbocycles. The summed E-state index contributed by atoms with van der Waals surface area (Å²) in [5.74, 6) is 0.401. The van der Waals surface area contributed by atoms with Crippen molar-refractivity contribution in [2.24, 2.45) is 0 Å². The Morgan fingerprint density at radius 3 is 2.40 bits per heavy atom. The Labute approximate surface area is 123 Å². The first-order chi connectivity index (χ1) is 9.44. The minimum Gasteiger partial charge on any atom is -0.391 e. The van der Waals surface area contributed by atoms with Gasteiger partial charge in [0.25, 0.3) is 10.0 Å². The van der Waals surface area contributed by atoms with E-state index in [1.165, 1.54) is 17.4 Å². The Morgan fingerprint density at radius 2 is 1.85 bits per heavy atom. The standard InChI is InChI=1S/C14H17NO3S2/c1-10(2)11-3-5-12(6-4-11)15-20(17,18)14-7-8-19-13(14)9-16/h3-8,10,15-16H,9H2,1-2H3. The first kappa shape index (κ1) is 15.0. The van der Waals surface area contributed by atoms with Crippen molar-refractivity contribution in [3.8, 4) is 0 Å². The zero-order chi connectivity index (χ0) is 14.8. The molecule has 4 nitrogen and oxygen atoms in total. The predicted molar refractivity (Wildman–Crippen MR) is 81.6 cm³/mol. The summed E-state index contributed by atoms with van der Waals surface area (Å²) in [6.45, 7) is 3.89. The molecule has 0 aliphatic heterocycles. The van der Waals surface area contributed by atoms with Crippen molar-refractivity contribution >= 4 is 27.0 Å². The smallest absolute Gasteiger partial charge is 0.263 e. The van der Waals surface area contributed by atoms with Gasteiger partial charge >= 0.3 is 0 Å². The van der Waals surface area contributed by atoms with Crippen LogP contribution in [0.1, 0.15) is 30.2 Å². The Kier molecular flexibility index (Phi) is 4.47. The van der Waals surface area contributed by atoms with E-state index in [1.807, 2.05) is 12.1 Å². The summed E-state index contributed by atoms with van der Waals surface area (Å²) in [7, 11) is -3.65. The minimum absolute atomic E-state index is 0.137. The Morgan fingerprint density at radius 1 is 1.20 bits per heavy atom. The van der Waals surface area contributed by atoms with Crippen LogP contribution in [0.3, 0.4) is 0 Å². The van der Waals surface area contributed by atoms with E-state index in [0.717, 1.165) is 5.56 Å². The molecule has 2 aromatic rings. The second kappa shape index (κ2) is 5.95. The van der Waals surface area contributed by atoms with Crippen molar-refractivity contribution in [3.63, 3.8) is 0 Å². The summed E-state index contributed by atoms with van der Waals surface area (Å²) < 4.78 is 27.0. The molecule has 6 heteroatoms. The molecule has 2 rings (SSSR count). The van der Waals surface area contributed by atoms with E-state index in [4.69, 9.17) is 5.11 Å². The summed E-state index contributed by atoms with van der Waals surface area (Å²) in [4.78, 5) is 0.578. The van der Waals surface area contributed by atoms with E-state index in [2.05, 4.69) is 18.6 Å². The molecule has 0 saturated heterocycles. The van der Waals surface area contributed by atoms with Gasteiger partial charge in [-0.3, -0.25) is 4.72 Å². The van der Waals surface area contributed by atoms with E-state index >= 15 is 0 Å². The van der Waals surface area contributed by atoms with Crippen LogP contribution < -0.4 is 4.72 Å². The molecule has 0 spiro atoms. The first-order valence-corrected chi connectivity index (χ1v) is 8.60. The molecule has 0 unspecified atom stereocenters. The summed E-state index contributed by atoms with van der Waals surface area (Å²) >= 11 is 1.22. The van der Waals surface area contributed by atoms with Crippen LogP contribution >= 0.6 is 11.3 Å². The average molecular weight is 311 g/mol. The summed E-state index contributed by atoms with van der Waals surface area (Å²) in [6, 6.07) is 8.81. The SMILES string of the molecule is CC(C)c1ccc(NS(=O)(=O)c2ccsc2CO)cc1. The van der Waals surface area contributed by atoms with Crippen molar-refractivity contribution in [2.75, 3.05) is 4.72 Å². The Hall–Kier alpha value is -1.37. The highest BCUT2D eigenvalue weighted by atomic mass is 32.2. The van der Waals surface area contributed by atoms with Gasteiger partial charge in [-0.25, -0.2) is 8.42 Å². The van der Waals surface area contributed by atoms with Crippen molar-refractivity contribution in [1.82, 2.24) is 0 Å². The topological polar surface area (TPSA) is 66.4 Å². The second-order valence-electron chi connectivity index (χ2n) is 4.75. The van der Waals surface area contributed by atoms with Crippen LogP contribution in [0.4, 0.5) is 5.69 Å². The lowest BCUT2D eigenvalue weighted by molar-refractivity contribution is 0.282. The van der Waals surface area contributed by atoms with Gasteiger partial charge in [-0.05, 0) is 35.1 Å². The molecule has 0 aliphatic rings. The zero-order valence-corrected chi connectivity index (χ0v) is 13.0. The molecule has 0 fully saturated rings. The van der Waals surface area contributed by atoms with Gasteiger partial charge in [0.05, 0.1) is 11.5 Å². The fraction of sp³-hybridized carbons (Fsp3) is 0.286. The summed E-state index contributed by atoms with van der Waals surface area (Å²) in [5, 5.41) is 10.8. The quantitative estimate of drug-likeness (QED) is 0.891. The number of rotatable bonds is 5. The number of sulfonamides is 1. The van der Waals surface area contributed by atoms with Gasteiger partial charge in [0, 0.05) is 5.69 Å². The summed E-state index contributed by atoms with van der Waals surface area (Å²) in [6.07, 6.45) is 0. The molecule has 0 atom stereocenters. The molecule has 0 amide bonds. The molecule has 0 radical (unpaired) electrons. The lowest BCUT2D eigenvalue weighted by Crippen LogP contribution is -2.13. The fourth-order valence-electron chi connectivity index (χ4n) is 1.83. The molecule has 20 heavy (non-hydrogen) atoms.